The van der Waals surface area contributed by atoms with Crippen molar-refractivity contribution in [2.75, 3.05) is 0 Å². The second-order valence-electron chi connectivity index (χ2n) is 10.6. The van der Waals surface area contributed by atoms with Crippen molar-refractivity contribution in [2.45, 2.75) is 145 Å². The second kappa shape index (κ2) is 15.9. The Labute approximate surface area is 174 Å². The highest BCUT2D eigenvalue weighted by Crippen LogP contribution is 2.37. The van der Waals surface area contributed by atoms with Crippen LogP contribution in [-0.2, 0) is 0 Å². The van der Waals surface area contributed by atoms with Crippen LogP contribution in [-0.4, -0.2) is 0 Å². The summed E-state index contributed by atoms with van der Waals surface area (Å²) in [4.78, 5) is 0. The van der Waals surface area contributed by atoms with Gasteiger partial charge >= 0.3 is 0 Å². The highest BCUT2D eigenvalue weighted by atomic mass is 14.3. The molecule has 0 rings (SSSR count). The Hall–Kier alpha value is 0. The Kier molecular flexibility index (Phi) is 15.9. The number of hydrogen-bond donors (Lipinski definition) is 0. The third kappa shape index (κ3) is 13.8. The summed E-state index contributed by atoms with van der Waals surface area (Å²) >= 11 is 0. The van der Waals surface area contributed by atoms with Gasteiger partial charge in [-0.25, -0.2) is 0 Å². The van der Waals surface area contributed by atoms with Crippen LogP contribution in [0, 0.1) is 29.1 Å². The van der Waals surface area contributed by atoms with Crippen LogP contribution >= 0.6 is 0 Å². The smallest absolute Gasteiger partial charge is 0.0305 e. The first-order valence-electron chi connectivity index (χ1n) is 12.8. The number of rotatable bonds is 18. The first-order valence-corrected chi connectivity index (χ1v) is 12.8. The van der Waals surface area contributed by atoms with Gasteiger partial charge in [-0.3, -0.25) is 0 Å². The zero-order valence-corrected chi connectivity index (χ0v) is 20.7. The highest BCUT2D eigenvalue weighted by Gasteiger charge is 2.24. The van der Waals surface area contributed by atoms with Crippen molar-refractivity contribution in [3.8, 4) is 0 Å². The molecule has 3 unspecified atom stereocenters. The van der Waals surface area contributed by atoms with Gasteiger partial charge in [0.15, 0.2) is 0 Å². The molecule has 0 amide bonds. The van der Waals surface area contributed by atoms with Gasteiger partial charge in [0.1, 0.15) is 0 Å². The predicted octanol–water partition coefficient (Wildman–Crippen LogP) is 10.1. The molecule has 27 heavy (non-hydrogen) atoms. The normalized spacial score (nSPS) is 15.9. The van der Waals surface area contributed by atoms with E-state index in [0.717, 1.165) is 23.7 Å². The van der Waals surface area contributed by atoms with Gasteiger partial charge in [-0.2, -0.15) is 0 Å². The lowest BCUT2D eigenvalue weighted by atomic mass is 9.74. The molecule has 164 valence electrons. The average Bonchev–Trinajstić information content (AvgIpc) is 2.63. The maximum absolute atomic E-state index is 2.50. The van der Waals surface area contributed by atoms with E-state index in [1.807, 2.05) is 0 Å². The zero-order chi connectivity index (χ0) is 20.7. The van der Waals surface area contributed by atoms with Gasteiger partial charge in [0, 0.05) is 0 Å². The largest absolute Gasteiger partial charge is 0.0649 e. The molecule has 0 aromatic rings. The lowest BCUT2D eigenvalue weighted by Gasteiger charge is -2.31. The van der Waals surface area contributed by atoms with Crippen LogP contribution < -0.4 is 0 Å². The van der Waals surface area contributed by atoms with E-state index in [9.17, 15) is 0 Å². The van der Waals surface area contributed by atoms with E-state index in [1.165, 1.54) is 89.9 Å². The van der Waals surface area contributed by atoms with E-state index in [0.29, 0.717) is 5.41 Å². The Bertz CT molecular complexity index is 304. The molecule has 0 fully saturated rings. The Morgan fingerprint density at radius 2 is 0.815 bits per heavy atom. The molecule has 0 nitrogen and oxygen atoms in total. The molecule has 0 aromatic heterocycles. The van der Waals surface area contributed by atoms with Crippen LogP contribution in [0.4, 0.5) is 0 Å². The van der Waals surface area contributed by atoms with E-state index < -0.39 is 0 Å². The van der Waals surface area contributed by atoms with Crippen LogP contribution in [0.25, 0.3) is 0 Å². The lowest BCUT2D eigenvalue weighted by Crippen LogP contribution is -2.18. The van der Waals surface area contributed by atoms with E-state index in [1.54, 1.807) is 0 Å². The van der Waals surface area contributed by atoms with Gasteiger partial charge in [-0.1, -0.05) is 139 Å². The van der Waals surface area contributed by atoms with Gasteiger partial charge in [0.2, 0.25) is 0 Å². The Morgan fingerprint density at radius 3 is 1.15 bits per heavy atom. The topological polar surface area (TPSA) is 0 Å². The molecule has 0 bridgehead atoms. The molecule has 0 saturated heterocycles. The molecule has 0 N–H and O–H groups in total. The number of hydrogen-bond acceptors (Lipinski definition) is 0. The minimum Gasteiger partial charge on any atom is -0.0649 e. The van der Waals surface area contributed by atoms with Gasteiger partial charge in [-0.05, 0) is 35.5 Å². The average molecular weight is 381 g/mol. The summed E-state index contributed by atoms with van der Waals surface area (Å²) in [6.45, 7) is 19.3. The molecule has 0 aliphatic rings. The molecule has 3 atom stereocenters. The van der Waals surface area contributed by atoms with Crippen LogP contribution in [0.5, 0.6) is 0 Å². The fraction of sp³-hybridized carbons (Fsp3) is 1.00. The quantitative estimate of drug-likeness (QED) is 0.222. The zero-order valence-electron chi connectivity index (χ0n) is 20.7. The second-order valence-corrected chi connectivity index (χ2v) is 10.6. The lowest BCUT2D eigenvalue weighted by molar-refractivity contribution is 0.206. The first kappa shape index (κ1) is 27.0. The highest BCUT2D eigenvalue weighted by molar-refractivity contribution is 4.76. The minimum atomic E-state index is 0.632. The molecule has 0 aromatic carbocycles. The molecular weight excluding hydrogens is 324 g/mol. The van der Waals surface area contributed by atoms with E-state index in [2.05, 4.69) is 55.4 Å². The minimum absolute atomic E-state index is 0.632. The third-order valence-electron chi connectivity index (χ3n) is 7.68. The molecule has 0 aliphatic carbocycles. The monoisotopic (exact) mass is 380 g/mol. The molecule has 0 heterocycles. The van der Waals surface area contributed by atoms with Crippen molar-refractivity contribution >= 4 is 0 Å². The summed E-state index contributed by atoms with van der Waals surface area (Å²) in [6, 6.07) is 0. The fourth-order valence-corrected chi connectivity index (χ4v) is 4.77. The predicted molar refractivity (Wildman–Crippen MR) is 126 cm³/mol. The van der Waals surface area contributed by atoms with Crippen LogP contribution in [0.2, 0.25) is 0 Å². The fourth-order valence-electron chi connectivity index (χ4n) is 4.77. The Balaban J connectivity index is 3.76. The third-order valence-corrected chi connectivity index (χ3v) is 7.68. The van der Waals surface area contributed by atoms with Crippen LogP contribution in [0.1, 0.15) is 145 Å². The summed E-state index contributed by atoms with van der Waals surface area (Å²) in [5.41, 5.74) is 0.632. The molecule has 0 heteroatoms. The maximum atomic E-state index is 2.50. The summed E-state index contributed by atoms with van der Waals surface area (Å²) < 4.78 is 0. The van der Waals surface area contributed by atoms with Crippen molar-refractivity contribution < 1.29 is 0 Å². The van der Waals surface area contributed by atoms with Crippen molar-refractivity contribution in [3.63, 3.8) is 0 Å². The summed E-state index contributed by atoms with van der Waals surface area (Å²) in [6.07, 6.45) is 20.0. The van der Waals surface area contributed by atoms with Gasteiger partial charge in [-0.15, -0.1) is 0 Å². The SMILES string of the molecule is CCC(CC)(CC)CCC(C)CCCC(C)CCCC(C)CCCC(C)C. The molecule has 0 spiro atoms. The van der Waals surface area contributed by atoms with Gasteiger partial charge in [0.05, 0.1) is 0 Å². The first-order chi connectivity index (χ1) is 12.8. The van der Waals surface area contributed by atoms with E-state index >= 15 is 0 Å². The van der Waals surface area contributed by atoms with Crippen LogP contribution in [0.15, 0.2) is 0 Å². The molecular formula is C27H56. The summed E-state index contributed by atoms with van der Waals surface area (Å²) in [5, 5.41) is 0. The standard InChI is InChI=1S/C27H56/c1-9-27(10-2,11-3)22-21-26(8)20-14-19-25(7)18-13-17-24(6)16-12-15-23(4)5/h23-26H,9-22H2,1-8H3. The molecule has 0 saturated carbocycles. The van der Waals surface area contributed by atoms with Crippen molar-refractivity contribution in [1.82, 2.24) is 0 Å². The van der Waals surface area contributed by atoms with E-state index in [4.69, 9.17) is 0 Å². The van der Waals surface area contributed by atoms with Crippen molar-refractivity contribution in [1.29, 1.82) is 0 Å². The van der Waals surface area contributed by atoms with Crippen molar-refractivity contribution in [3.05, 3.63) is 0 Å². The molecule has 0 radical (unpaired) electrons. The van der Waals surface area contributed by atoms with Gasteiger partial charge in [0.25, 0.3) is 0 Å². The van der Waals surface area contributed by atoms with Crippen molar-refractivity contribution in [2.24, 2.45) is 29.1 Å². The van der Waals surface area contributed by atoms with Gasteiger partial charge < -0.3 is 0 Å². The summed E-state index contributed by atoms with van der Waals surface area (Å²) in [7, 11) is 0. The van der Waals surface area contributed by atoms with Crippen LogP contribution in [0.3, 0.4) is 0 Å². The molecule has 0 aliphatic heterocycles. The van der Waals surface area contributed by atoms with E-state index in [-0.39, 0.29) is 0 Å². The summed E-state index contributed by atoms with van der Waals surface area (Å²) in [5.74, 6) is 3.66. The maximum Gasteiger partial charge on any atom is -0.0305 e. The Morgan fingerprint density at radius 1 is 0.481 bits per heavy atom.